The molecule has 0 saturated carbocycles. The maximum atomic E-state index is 13.9. The van der Waals surface area contributed by atoms with Gasteiger partial charge in [0.05, 0.1) is 24.9 Å². The summed E-state index contributed by atoms with van der Waals surface area (Å²) in [5.74, 6) is -0.0200. The fourth-order valence-corrected chi connectivity index (χ4v) is 3.85. The SMILES string of the molecule is COc1nn(C)c(CN(C)C(=O)OC(C)(C)C)c1-c1cnc(N)c(O[C@H](C)c2cc(F)ccc2C(O)O)c1. The monoisotopic (exact) mass is 531 g/mol. The summed E-state index contributed by atoms with van der Waals surface area (Å²) in [5, 5.41) is 23.8. The molecule has 0 aliphatic rings. The van der Waals surface area contributed by atoms with E-state index in [1.807, 2.05) is 0 Å². The Kier molecular flexibility index (Phi) is 8.48. The van der Waals surface area contributed by atoms with E-state index < -0.39 is 29.9 Å². The van der Waals surface area contributed by atoms with Gasteiger partial charge in [0.25, 0.3) is 0 Å². The van der Waals surface area contributed by atoms with E-state index in [9.17, 15) is 19.4 Å². The lowest BCUT2D eigenvalue weighted by atomic mass is 10.0. The van der Waals surface area contributed by atoms with Gasteiger partial charge >= 0.3 is 6.09 Å². The molecule has 4 N–H and O–H groups in total. The molecule has 206 valence electrons. The topological polar surface area (TPSA) is 145 Å². The number of ether oxygens (including phenoxy) is 3. The second kappa shape index (κ2) is 11.2. The summed E-state index contributed by atoms with van der Waals surface area (Å²) in [6, 6.07) is 5.21. The molecular formula is C26H34FN5O6. The van der Waals surface area contributed by atoms with Crippen LogP contribution in [0.4, 0.5) is 15.0 Å². The zero-order chi connectivity index (χ0) is 28.4. The molecule has 0 bridgehead atoms. The number of amides is 1. The number of hydrogen-bond acceptors (Lipinski definition) is 9. The Balaban J connectivity index is 1.99. The third-order valence-electron chi connectivity index (χ3n) is 5.66. The number of nitrogen functional groups attached to an aromatic ring is 1. The van der Waals surface area contributed by atoms with Crippen LogP contribution in [0, 0.1) is 5.82 Å². The first-order chi connectivity index (χ1) is 17.7. The Morgan fingerprint density at radius 1 is 1.24 bits per heavy atom. The van der Waals surface area contributed by atoms with Crippen molar-refractivity contribution in [3.63, 3.8) is 0 Å². The summed E-state index contributed by atoms with van der Waals surface area (Å²) in [6.07, 6.45) is -1.61. The molecule has 0 unspecified atom stereocenters. The first-order valence-corrected chi connectivity index (χ1v) is 11.8. The number of carbonyl (C=O) groups is 1. The van der Waals surface area contributed by atoms with Gasteiger partial charge in [-0.1, -0.05) is 6.07 Å². The number of aromatic nitrogens is 3. The molecule has 1 atom stereocenters. The van der Waals surface area contributed by atoms with E-state index in [4.69, 9.17) is 19.9 Å². The van der Waals surface area contributed by atoms with Crippen LogP contribution in [-0.4, -0.2) is 55.7 Å². The summed E-state index contributed by atoms with van der Waals surface area (Å²) >= 11 is 0. The second-order valence-corrected chi connectivity index (χ2v) is 9.81. The van der Waals surface area contributed by atoms with Crippen LogP contribution in [0.2, 0.25) is 0 Å². The minimum Gasteiger partial charge on any atom is -0.482 e. The molecule has 0 aliphatic heterocycles. The summed E-state index contributed by atoms with van der Waals surface area (Å²) in [5.41, 5.74) is 7.51. The minimum absolute atomic E-state index is 0.0679. The van der Waals surface area contributed by atoms with E-state index in [-0.39, 0.29) is 29.2 Å². The number of methoxy groups -OCH3 is 1. The maximum absolute atomic E-state index is 13.9. The summed E-state index contributed by atoms with van der Waals surface area (Å²) in [7, 11) is 4.81. The highest BCUT2D eigenvalue weighted by atomic mass is 19.1. The van der Waals surface area contributed by atoms with Crippen molar-refractivity contribution in [2.24, 2.45) is 7.05 Å². The number of carbonyl (C=O) groups excluding carboxylic acids is 1. The quantitative estimate of drug-likeness (QED) is 0.370. The lowest BCUT2D eigenvalue weighted by molar-refractivity contribution is -0.0441. The lowest BCUT2D eigenvalue weighted by Crippen LogP contribution is -2.34. The van der Waals surface area contributed by atoms with Crippen LogP contribution in [-0.2, 0) is 18.3 Å². The Bertz CT molecular complexity index is 1300. The predicted molar refractivity (Wildman–Crippen MR) is 138 cm³/mol. The number of hydrogen-bond donors (Lipinski definition) is 3. The molecule has 0 saturated heterocycles. The van der Waals surface area contributed by atoms with E-state index >= 15 is 0 Å². The number of rotatable bonds is 8. The van der Waals surface area contributed by atoms with Crippen molar-refractivity contribution in [1.82, 2.24) is 19.7 Å². The second-order valence-electron chi connectivity index (χ2n) is 9.81. The van der Waals surface area contributed by atoms with E-state index in [2.05, 4.69) is 10.1 Å². The van der Waals surface area contributed by atoms with Crippen molar-refractivity contribution in [1.29, 1.82) is 0 Å². The number of nitrogens with zero attached hydrogens (tertiary/aromatic N) is 4. The summed E-state index contributed by atoms with van der Waals surface area (Å²) in [4.78, 5) is 18.2. The van der Waals surface area contributed by atoms with Crippen molar-refractivity contribution in [3.8, 4) is 22.8 Å². The molecular weight excluding hydrogens is 497 g/mol. The Morgan fingerprint density at radius 3 is 2.53 bits per heavy atom. The number of aliphatic hydroxyl groups excluding tert-OH is 1. The highest BCUT2D eigenvalue weighted by molar-refractivity contribution is 5.75. The van der Waals surface area contributed by atoms with Gasteiger partial charge in [-0.25, -0.2) is 14.2 Å². The highest BCUT2D eigenvalue weighted by Crippen LogP contribution is 2.38. The van der Waals surface area contributed by atoms with Crippen LogP contribution >= 0.6 is 0 Å². The van der Waals surface area contributed by atoms with Gasteiger partial charge in [0.2, 0.25) is 5.88 Å². The first kappa shape index (κ1) is 28.7. The Labute approximate surface area is 220 Å². The van der Waals surface area contributed by atoms with Crippen LogP contribution in [0.5, 0.6) is 11.6 Å². The number of aliphatic hydroxyl groups is 2. The smallest absolute Gasteiger partial charge is 0.410 e. The Hall–Kier alpha value is -3.90. The molecule has 1 amide bonds. The van der Waals surface area contributed by atoms with Gasteiger partial charge in [-0.3, -0.25) is 4.68 Å². The molecule has 1 aromatic carbocycles. The summed E-state index contributed by atoms with van der Waals surface area (Å²) in [6.45, 7) is 7.13. The van der Waals surface area contributed by atoms with Crippen LogP contribution < -0.4 is 15.2 Å². The van der Waals surface area contributed by atoms with Gasteiger partial charge < -0.3 is 35.1 Å². The van der Waals surface area contributed by atoms with Gasteiger partial charge in [0.1, 0.15) is 17.5 Å². The van der Waals surface area contributed by atoms with Gasteiger partial charge in [0.15, 0.2) is 17.9 Å². The third-order valence-corrected chi connectivity index (χ3v) is 5.66. The number of benzene rings is 1. The minimum atomic E-state index is -1.82. The predicted octanol–water partition coefficient (Wildman–Crippen LogP) is 3.70. The van der Waals surface area contributed by atoms with E-state index in [0.29, 0.717) is 22.7 Å². The normalized spacial score (nSPS) is 12.4. The van der Waals surface area contributed by atoms with Crippen molar-refractivity contribution >= 4 is 11.9 Å². The van der Waals surface area contributed by atoms with Crippen molar-refractivity contribution in [2.75, 3.05) is 19.9 Å². The van der Waals surface area contributed by atoms with Crippen molar-refractivity contribution < 1.29 is 33.6 Å². The molecule has 0 spiro atoms. The molecule has 3 rings (SSSR count). The molecule has 3 aromatic rings. The van der Waals surface area contributed by atoms with Crippen LogP contribution in [0.15, 0.2) is 30.5 Å². The average molecular weight is 532 g/mol. The summed E-state index contributed by atoms with van der Waals surface area (Å²) < 4.78 is 32.5. The van der Waals surface area contributed by atoms with Crippen molar-refractivity contribution in [3.05, 3.63) is 53.1 Å². The molecule has 11 nitrogen and oxygen atoms in total. The fraction of sp³-hybridized carbons (Fsp3) is 0.423. The standard InChI is InChI=1S/C26H34FN5O6/c1-14(18-11-16(27)8-9-17(18)24(33)34)37-20-10-15(12-29-22(20)28)21-19(32(6)30-23(21)36-7)13-31(5)25(35)38-26(2,3)4/h8-12,14,24,33-34H,13H2,1-7H3,(H2,28,29)/t14-/m1/s1. The first-order valence-electron chi connectivity index (χ1n) is 11.8. The van der Waals surface area contributed by atoms with Gasteiger partial charge in [-0.2, -0.15) is 0 Å². The maximum Gasteiger partial charge on any atom is 0.410 e. The van der Waals surface area contributed by atoms with Gasteiger partial charge in [0, 0.05) is 37.0 Å². The lowest BCUT2D eigenvalue weighted by Gasteiger charge is -2.25. The molecule has 0 fully saturated rings. The van der Waals surface area contributed by atoms with Crippen LogP contribution in [0.1, 0.15) is 56.9 Å². The van der Waals surface area contributed by atoms with E-state index in [0.717, 1.165) is 6.07 Å². The molecule has 0 radical (unpaired) electrons. The molecule has 0 aliphatic carbocycles. The number of aryl methyl sites for hydroxylation is 1. The zero-order valence-electron chi connectivity index (χ0n) is 22.5. The van der Waals surface area contributed by atoms with Crippen LogP contribution in [0.3, 0.4) is 0 Å². The van der Waals surface area contributed by atoms with Crippen LogP contribution in [0.25, 0.3) is 11.1 Å². The zero-order valence-corrected chi connectivity index (χ0v) is 22.5. The molecule has 12 heteroatoms. The molecule has 2 heterocycles. The van der Waals surface area contributed by atoms with Gasteiger partial charge in [-0.15, -0.1) is 5.10 Å². The average Bonchev–Trinajstić information content (AvgIpc) is 3.14. The van der Waals surface area contributed by atoms with Crippen molar-refractivity contribution in [2.45, 2.75) is 52.2 Å². The molecule has 38 heavy (non-hydrogen) atoms. The highest BCUT2D eigenvalue weighted by Gasteiger charge is 2.26. The number of pyridine rings is 1. The third kappa shape index (κ3) is 6.50. The molecule has 2 aromatic heterocycles. The number of anilines is 1. The Morgan fingerprint density at radius 2 is 1.92 bits per heavy atom. The van der Waals surface area contributed by atoms with E-state index in [1.165, 1.54) is 30.3 Å². The van der Waals surface area contributed by atoms with Gasteiger partial charge in [-0.05, 0) is 45.9 Å². The fourth-order valence-electron chi connectivity index (χ4n) is 3.85. The number of nitrogens with two attached hydrogens (primary N) is 1. The van der Waals surface area contributed by atoms with E-state index in [1.54, 1.807) is 52.5 Å². The largest absolute Gasteiger partial charge is 0.482 e. The number of halogens is 1.